The number of nitrogens with one attached hydrogen (secondary N) is 1. The molecule has 8 nitrogen and oxygen atoms in total. The molecule has 0 atom stereocenters. The number of hydrazone groups is 1. The van der Waals surface area contributed by atoms with Gasteiger partial charge in [0.15, 0.2) is 0 Å². The number of para-hydroxylation sites is 1. The fraction of sp³-hybridized carbons (Fsp3) is 0.0667. The second kappa shape index (κ2) is 7.03. The number of aromatic hydroxyl groups is 1. The largest absolute Gasteiger partial charge is 0.502 e. The van der Waals surface area contributed by atoms with Crippen LogP contribution >= 0.6 is 0 Å². The number of carbonyl (C=O) groups excluding carboxylic acids is 1. The van der Waals surface area contributed by atoms with Crippen LogP contribution in [0.2, 0.25) is 0 Å². The number of nitrogens with zero attached hydrogens (tertiary/aromatic N) is 2. The van der Waals surface area contributed by atoms with Crippen LogP contribution in [-0.2, 0) is 0 Å². The van der Waals surface area contributed by atoms with Crippen molar-refractivity contribution in [3.8, 4) is 11.5 Å². The van der Waals surface area contributed by atoms with Gasteiger partial charge in [0.25, 0.3) is 5.91 Å². The zero-order valence-corrected chi connectivity index (χ0v) is 12.1. The third kappa shape index (κ3) is 3.82. The van der Waals surface area contributed by atoms with Crippen molar-refractivity contribution < 1.29 is 19.6 Å². The summed E-state index contributed by atoms with van der Waals surface area (Å²) in [5, 5.41) is 24.2. The molecule has 0 aliphatic carbocycles. The molecule has 23 heavy (non-hydrogen) atoms. The van der Waals surface area contributed by atoms with Gasteiger partial charge in [-0.3, -0.25) is 14.9 Å². The highest BCUT2D eigenvalue weighted by Gasteiger charge is 2.15. The van der Waals surface area contributed by atoms with Crippen LogP contribution in [-0.4, -0.2) is 29.3 Å². The average Bonchev–Trinajstić information content (AvgIpc) is 2.56. The van der Waals surface area contributed by atoms with E-state index < -0.39 is 22.3 Å². The van der Waals surface area contributed by atoms with Crippen LogP contribution in [0.15, 0.2) is 47.6 Å². The molecule has 8 heteroatoms. The summed E-state index contributed by atoms with van der Waals surface area (Å²) in [5.74, 6) is -0.472. The molecule has 0 spiro atoms. The SMILES string of the molecule is COc1cccc(C(=O)N/N=C\c2cccc([N+](=O)[O-])c2O)c1. The van der Waals surface area contributed by atoms with E-state index in [0.29, 0.717) is 11.3 Å². The van der Waals surface area contributed by atoms with E-state index in [2.05, 4.69) is 10.5 Å². The predicted molar refractivity (Wildman–Crippen MR) is 82.8 cm³/mol. The topological polar surface area (TPSA) is 114 Å². The Balaban J connectivity index is 2.11. The van der Waals surface area contributed by atoms with E-state index in [1.165, 1.54) is 31.4 Å². The molecule has 0 saturated carbocycles. The first-order valence-electron chi connectivity index (χ1n) is 6.46. The minimum absolute atomic E-state index is 0.116. The van der Waals surface area contributed by atoms with Gasteiger partial charge < -0.3 is 9.84 Å². The Labute approximate surface area is 131 Å². The molecule has 2 aromatic carbocycles. The highest BCUT2D eigenvalue weighted by molar-refractivity contribution is 5.95. The van der Waals surface area contributed by atoms with E-state index in [1.54, 1.807) is 18.2 Å². The molecule has 0 heterocycles. The number of methoxy groups -OCH3 is 1. The minimum atomic E-state index is -0.707. The summed E-state index contributed by atoms with van der Waals surface area (Å²) in [6, 6.07) is 10.5. The maximum absolute atomic E-state index is 11.9. The number of benzene rings is 2. The number of amides is 1. The molecule has 0 saturated heterocycles. The first-order chi connectivity index (χ1) is 11.0. The number of hydrogen-bond acceptors (Lipinski definition) is 6. The van der Waals surface area contributed by atoms with Gasteiger partial charge in [0.1, 0.15) is 5.75 Å². The van der Waals surface area contributed by atoms with Gasteiger partial charge in [-0.25, -0.2) is 5.43 Å². The van der Waals surface area contributed by atoms with Crippen LogP contribution in [0, 0.1) is 10.1 Å². The van der Waals surface area contributed by atoms with E-state index in [9.17, 15) is 20.0 Å². The number of nitro benzene ring substituents is 1. The predicted octanol–water partition coefficient (Wildman–Crippen LogP) is 2.07. The van der Waals surface area contributed by atoms with Crippen LogP contribution in [0.1, 0.15) is 15.9 Å². The van der Waals surface area contributed by atoms with Crippen LogP contribution < -0.4 is 10.2 Å². The van der Waals surface area contributed by atoms with Gasteiger partial charge in [-0.05, 0) is 24.3 Å². The summed E-state index contributed by atoms with van der Waals surface area (Å²) in [5.41, 5.74) is 2.29. The average molecular weight is 315 g/mol. The fourth-order valence-corrected chi connectivity index (χ4v) is 1.79. The molecule has 1 amide bonds. The summed E-state index contributed by atoms with van der Waals surface area (Å²) in [6.45, 7) is 0. The van der Waals surface area contributed by atoms with Crippen molar-refractivity contribution in [3.05, 3.63) is 63.7 Å². The molecule has 0 aliphatic rings. The summed E-state index contributed by atoms with van der Waals surface area (Å²) in [4.78, 5) is 21.9. The van der Waals surface area contributed by atoms with Crippen molar-refractivity contribution in [2.75, 3.05) is 7.11 Å². The standard InChI is InChI=1S/C15H13N3O5/c1-23-12-6-2-4-10(8-12)15(20)17-16-9-11-5-3-7-13(14(11)19)18(21)22/h2-9,19H,1H3,(H,17,20)/b16-9-. The van der Waals surface area contributed by atoms with Crippen LogP contribution in [0.4, 0.5) is 5.69 Å². The zero-order chi connectivity index (χ0) is 16.8. The van der Waals surface area contributed by atoms with Crippen LogP contribution in [0.5, 0.6) is 11.5 Å². The molecule has 2 aromatic rings. The molecule has 118 valence electrons. The summed E-state index contributed by atoms with van der Waals surface area (Å²) >= 11 is 0. The van der Waals surface area contributed by atoms with Crippen molar-refractivity contribution >= 4 is 17.8 Å². The van der Waals surface area contributed by atoms with Gasteiger partial charge in [0.2, 0.25) is 5.75 Å². The lowest BCUT2D eigenvalue weighted by Crippen LogP contribution is -2.17. The van der Waals surface area contributed by atoms with E-state index in [1.807, 2.05) is 0 Å². The highest BCUT2D eigenvalue weighted by atomic mass is 16.6. The van der Waals surface area contributed by atoms with Crippen molar-refractivity contribution in [1.29, 1.82) is 0 Å². The van der Waals surface area contributed by atoms with Gasteiger partial charge >= 0.3 is 5.69 Å². The van der Waals surface area contributed by atoms with Gasteiger partial charge in [-0.2, -0.15) is 5.10 Å². The molecule has 0 radical (unpaired) electrons. The van der Waals surface area contributed by atoms with Crippen LogP contribution in [0.3, 0.4) is 0 Å². The molecular weight excluding hydrogens is 302 g/mol. The molecule has 0 aliphatic heterocycles. The van der Waals surface area contributed by atoms with E-state index in [0.717, 1.165) is 6.21 Å². The number of nitro groups is 1. The maximum atomic E-state index is 11.9. The molecule has 0 aromatic heterocycles. The second-order valence-corrected chi connectivity index (χ2v) is 4.40. The van der Waals surface area contributed by atoms with E-state index in [4.69, 9.17) is 4.74 Å². The lowest BCUT2D eigenvalue weighted by Gasteiger charge is -2.03. The Morgan fingerprint density at radius 1 is 1.35 bits per heavy atom. The van der Waals surface area contributed by atoms with E-state index >= 15 is 0 Å². The summed E-state index contributed by atoms with van der Waals surface area (Å²) < 4.78 is 5.01. The summed E-state index contributed by atoms with van der Waals surface area (Å²) in [7, 11) is 1.49. The maximum Gasteiger partial charge on any atom is 0.311 e. The van der Waals surface area contributed by atoms with Gasteiger partial charge in [0.05, 0.1) is 18.2 Å². The monoisotopic (exact) mass is 315 g/mol. The number of rotatable bonds is 5. The number of phenols is 1. The van der Waals surface area contributed by atoms with Crippen LogP contribution in [0.25, 0.3) is 0 Å². The molecule has 0 fully saturated rings. The Hall–Kier alpha value is -3.42. The van der Waals surface area contributed by atoms with Gasteiger partial charge in [0, 0.05) is 17.2 Å². The van der Waals surface area contributed by atoms with Gasteiger partial charge in [-0.1, -0.05) is 12.1 Å². The summed E-state index contributed by atoms with van der Waals surface area (Å²) in [6.07, 6.45) is 1.13. The molecule has 0 unspecified atom stereocenters. The third-order valence-corrected chi connectivity index (χ3v) is 2.94. The lowest BCUT2D eigenvalue weighted by molar-refractivity contribution is -0.385. The number of phenolic OH excluding ortho intramolecular Hbond substituents is 1. The lowest BCUT2D eigenvalue weighted by atomic mass is 10.2. The second-order valence-electron chi connectivity index (χ2n) is 4.40. The Morgan fingerprint density at radius 2 is 2.09 bits per heavy atom. The van der Waals surface area contributed by atoms with E-state index in [-0.39, 0.29) is 5.56 Å². The molecule has 2 N–H and O–H groups in total. The Kier molecular flexibility index (Phi) is 4.88. The smallest absolute Gasteiger partial charge is 0.311 e. The highest BCUT2D eigenvalue weighted by Crippen LogP contribution is 2.27. The molecule has 2 rings (SSSR count). The normalized spacial score (nSPS) is 10.5. The Morgan fingerprint density at radius 3 is 2.78 bits per heavy atom. The molecular formula is C15H13N3O5. The minimum Gasteiger partial charge on any atom is -0.502 e. The number of carbonyl (C=O) groups is 1. The van der Waals surface area contributed by atoms with Crippen molar-refractivity contribution in [3.63, 3.8) is 0 Å². The quantitative estimate of drug-likeness (QED) is 0.498. The number of ether oxygens (including phenoxy) is 1. The zero-order valence-electron chi connectivity index (χ0n) is 12.1. The number of hydrogen-bond donors (Lipinski definition) is 2. The van der Waals surface area contributed by atoms with Crippen molar-refractivity contribution in [1.82, 2.24) is 5.43 Å². The van der Waals surface area contributed by atoms with Crippen molar-refractivity contribution in [2.45, 2.75) is 0 Å². The van der Waals surface area contributed by atoms with Gasteiger partial charge in [-0.15, -0.1) is 0 Å². The Bertz CT molecular complexity index is 773. The first-order valence-corrected chi connectivity index (χ1v) is 6.46. The fourth-order valence-electron chi connectivity index (χ4n) is 1.79. The van der Waals surface area contributed by atoms with Crippen molar-refractivity contribution in [2.24, 2.45) is 5.10 Å². The third-order valence-electron chi connectivity index (χ3n) is 2.94. The first kappa shape index (κ1) is 16.0. The molecule has 0 bridgehead atoms.